The zero-order valence-corrected chi connectivity index (χ0v) is 16.7. The molecule has 0 fully saturated rings. The molecule has 0 unspecified atom stereocenters. The molecule has 0 aliphatic heterocycles. The van der Waals surface area contributed by atoms with Gasteiger partial charge in [0.2, 0.25) is 0 Å². The van der Waals surface area contributed by atoms with Gasteiger partial charge in [-0.15, -0.1) is 0 Å². The van der Waals surface area contributed by atoms with Crippen molar-refractivity contribution in [1.82, 2.24) is 0 Å². The van der Waals surface area contributed by atoms with Crippen molar-refractivity contribution in [3.8, 4) is 0 Å². The molecule has 0 aromatic carbocycles. The molecule has 0 spiro atoms. The van der Waals surface area contributed by atoms with Crippen LogP contribution in [0.1, 0.15) is 66.2 Å². The van der Waals surface area contributed by atoms with Crippen LogP contribution >= 0.6 is 0 Å². The van der Waals surface area contributed by atoms with Crippen molar-refractivity contribution in [1.29, 1.82) is 0 Å². The van der Waals surface area contributed by atoms with Crippen LogP contribution in [0.5, 0.6) is 0 Å². The molecule has 26 heavy (non-hydrogen) atoms. The molecule has 0 aliphatic rings. The van der Waals surface area contributed by atoms with E-state index < -0.39 is 24.8 Å². The highest BCUT2D eigenvalue weighted by molar-refractivity contribution is 5.69. The molecular weight excluding hydrogens is 332 g/mol. The van der Waals surface area contributed by atoms with Crippen molar-refractivity contribution in [2.45, 2.75) is 78.4 Å². The van der Waals surface area contributed by atoms with E-state index in [1.807, 2.05) is 6.08 Å². The largest absolute Gasteiger partial charge is 0.463 e. The van der Waals surface area contributed by atoms with Gasteiger partial charge in [-0.1, -0.05) is 34.9 Å². The first-order valence-corrected chi connectivity index (χ1v) is 9.33. The maximum Gasteiger partial charge on any atom is 0.306 e. The number of aliphatic hydroxyl groups excluding tert-OH is 3. The van der Waals surface area contributed by atoms with E-state index in [0.717, 1.165) is 25.7 Å². The quantitative estimate of drug-likeness (QED) is 0.342. The minimum Gasteiger partial charge on any atom is -0.463 e. The Balaban J connectivity index is 3.96. The van der Waals surface area contributed by atoms with E-state index in [9.17, 15) is 15.0 Å². The van der Waals surface area contributed by atoms with Gasteiger partial charge in [-0.2, -0.15) is 0 Å². The number of allylic oxidation sites excluding steroid dienone is 6. The lowest BCUT2D eigenvalue weighted by molar-refractivity contribution is -0.149. The number of carbonyl (C=O) groups is 1. The summed E-state index contributed by atoms with van der Waals surface area (Å²) in [6.45, 7) is 7.58. The van der Waals surface area contributed by atoms with E-state index in [-0.39, 0.29) is 13.0 Å². The van der Waals surface area contributed by atoms with Gasteiger partial charge in [0.05, 0.1) is 6.61 Å². The normalized spacial score (nSPS) is 14.7. The summed E-state index contributed by atoms with van der Waals surface area (Å²) < 4.78 is 4.87. The minimum absolute atomic E-state index is 0.233. The first-order chi connectivity index (χ1) is 12.3. The van der Waals surface area contributed by atoms with Crippen LogP contribution < -0.4 is 0 Å². The van der Waals surface area contributed by atoms with Gasteiger partial charge in [-0.05, 0) is 59.8 Å². The third-order valence-corrected chi connectivity index (χ3v) is 4.01. The average molecular weight is 369 g/mol. The van der Waals surface area contributed by atoms with Gasteiger partial charge in [-0.3, -0.25) is 4.79 Å². The number of hydrogen-bond acceptors (Lipinski definition) is 5. The minimum atomic E-state index is -1.29. The lowest BCUT2D eigenvalue weighted by Crippen LogP contribution is -2.34. The molecular formula is C21H36O5. The first-order valence-electron chi connectivity index (χ1n) is 9.33. The highest BCUT2D eigenvalue weighted by Crippen LogP contribution is 2.12. The summed E-state index contributed by atoms with van der Waals surface area (Å²) in [6.07, 6.45) is 8.99. The second-order valence-electron chi connectivity index (χ2n) is 7.00. The number of esters is 1. The van der Waals surface area contributed by atoms with Crippen molar-refractivity contribution in [2.75, 3.05) is 13.2 Å². The molecule has 0 aromatic rings. The molecule has 5 nitrogen and oxygen atoms in total. The highest BCUT2D eigenvalue weighted by Gasteiger charge is 2.16. The second-order valence-corrected chi connectivity index (χ2v) is 7.00. The third kappa shape index (κ3) is 13.8. The Bertz CT molecular complexity index is 487. The van der Waals surface area contributed by atoms with E-state index in [2.05, 4.69) is 39.8 Å². The Morgan fingerprint density at radius 3 is 1.85 bits per heavy atom. The predicted octanol–water partition coefficient (Wildman–Crippen LogP) is 3.44. The van der Waals surface area contributed by atoms with Crippen molar-refractivity contribution in [2.24, 2.45) is 0 Å². The fourth-order valence-corrected chi connectivity index (χ4v) is 2.26. The lowest BCUT2D eigenvalue weighted by Gasteiger charge is -2.15. The van der Waals surface area contributed by atoms with Crippen molar-refractivity contribution >= 4 is 5.97 Å². The maximum absolute atomic E-state index is 11.6. The van der Waals surface area contributed by atoms with Gasteiger partial charge >= 0.3 is 5.97 Å². The van der Waals surface area contributed by atoms with E-state index in [1.165, 1.54) is 16.7 Å². The summed E-state index contributed by atoms with van der Waals surface area (Å²) in [5.41, 5.74) is 4.00. The Labute approximate surface area is 158 Å². The van der Waals surface area contributed by atoms with Gasteiger partial charge in [0, 0.05) is 6.42 Å². The Kier molecular flexibility index (Phi) is 13.9. The smallest absolute Gasteiger partial charge is 0.306 e. The van der Waals surface area contributed by atoms with Crippen LogP contribution in [0, 0.1) is 0 Å². The van der Waals surface area contributed by atoms with Crippen molar-refractivity contribution in [3.05, 3.63) is 34.9 Å². The van der Waals surface area contributed by atoms with E-state index in [4.69, 9.17) is 9.84 Å². The molecule has 0 rings (SSSR count). The summed E-state index contributed by atoms with van der Waals surface area (Å²) in [5, 5.41) is 27.2. The zero-order chi connectivity index (χ0) is 19.9. The Morgan fingerprint density at radius 2 is 1.35 bits per heavy atom. The molecule has 0 aliphatic carbocycles. The number of aliphatic hydroxyl groups is 3. The summed E-state index contributed by atoms with van der Waals surface area (Å²) in [4.78, 5) is 11.6. The number of carbonyl (C=O) groups excluding carboxylic acids is 1. The van der Waals surface area contributed by atoms with Crippen LogP contribution in [-0.2, 0) is 9.53 Å². The molecule has 2 atom stereocenters. The Hall–Kier alpha value is -1.43. The molecule has 0 saturated heterocycles. The van der Waals surface area contributed by atoms with Gasteiger partial charge in [-0.25, -0.2) is 0 Å². The number of rotatable bonds is 13. The van der Waals surface area contributed by atoms with E-state index in [1.54, 1.807) is 0 Å². The summed E-state index contributed by atoms with van der Waals surface area (Å²) in [5.74, 6) is -0.423. The SMILES string of the molecule is CC(C)=CCCC(C)=CCCC(C)=CCCC(=O)OC[C@H](O)[C@H](O)CO. The topological polar surface area (TPSA) is 87.0 Å². The van der Waals surface area contributed by atoms with Crippen LogP contribution in [0.4, 0.5) is 0 Å². The molecule has 0 radical (unpaired) electrons. The number of ether oxygens (including phenoxy) is 1. The van der Waals surface area contributed by atoms with Gasteiger partial charge in [0.1, 0.15) is 18.8 Å². The van der Waals surface area contributed by atoms with Crippen LogP contribution in [0.15, 0.2) is 34.9 Å². The van der Waals surface area contributed by atoms with Gasteiger partial charge in [0.15, 0.2) is 0 Å². The summed E-state index contributed by atoms with van der Waals surface area (Å²) in [7, 11) is 0. The monoisotopic (exact) mass is 368 g/mol. The Morgan fingerprint density at radius 1 is 0.846 bits per heavy atom. The zero-order valence-electron chi connectivity index (χ0n) is 16.7. The third-order valence-electron chi connectivity index (χ3n) is 4.01. The predicted molar refractivity (Wildman–Crippen MR) is 105 cm³/mol. The molecule has 0 saturated carbocycles. The molecule has 3 N–H and O–H groups in total. The molecule has 0 amide bonds. The van der Waals surface area contributed by atoms with Gasteiger partial charge in [0.25, 0.3) is 0 Å². The van der Waals surface area contributed by atoms with E-state index >= 15 is 0 Å². The lowest BCUT2D eigenvalue weighted by atomic mass is 10.1. The second kappa shape index (κ2) is 14.7. The molecule has 150 valence electrons. The van der Waals surface area contributed by atoms with Gasteiger partial charge < -0.3 is 20.1 Å². The molecule has 0 bridgehead atoms. The molecule has 5 heteroatoms. The maximum atomic E-state index is 11.6. The summed E-state index contributed by atoms with van der Waals surface area (Å²) in [6, 6.07) is 0. The average Bonchev–Trinajstić information content (AvgIpc) is 2.58. The first kappa shape index (κ1) is 24.6. The van der Waals surface area contributed by atoms with Crippen molar-refractivity contribution in [3.63, 3.8) is 0 Å². The number of hydrogen-bond donors (Lipinski definition) is 3. The van der Waals surface area contributed by atoms with Crippen LogP contribution in [0.25, 0.3) is 0 Å². The standard InChI is InChI=1S/C21H36O5/c1-16(2)8-5-9-17(3)10-6-11-18(4)12-7-13-21(25)26-15-20(24)19(23)14-22/h8,10,12,19-20,22-24H,5-7,9,11,13-15H2,1-4H3/t19-,20+/m1/s1. The van der Waals surface area contributed by atoms with Crippen LogP contribution in [0.3, 0.4) is 0 Å². The van der Waals surface area contributed by atoms with E-state index in [0.29, 0.717) is 6.42 Å². The highest BCUT2D eigenvalue weighted by atomic mass is 16.5. The van der Waals surface area contributed by atoms with Crippen LogP contribution in [0.2, 0.25) is 0 Å². The fourth-order valence-electron chi connectivity index (χ4n) is 2.26. The van der Waals surface area contributed by atoms with Crippen molar-refractivity contribution < 1.29 is 24.9 Å². The molecule has 0 aromatic heterocycles. The van der Waals surface area contributed by atoms with Crippen LogP contribution in [-0.4, -0.2) is 46.7 Å². The fraction of sp³-hybridized carbons (Fsp3) is 0.667. The molecule has 0 heterocycles. The summed E-state index contributed by atoms with van der Waals surface area (Å²) >= 11 is 0.